The van der Waals surface area contributed by atoms with Gasteiger partial charge in [0.05, 0.1) is 19.1 Å². The van der Waals surface area contributed by atoms with E-state index in [1.807, 2.05) is 72.8 Å². The van der Waals surface area contributed by atoms with Crippen molar-refractivity contribution in [1.82, 2.24) is 5.32 Å². The SMILES string of the molecule is COC(=O)[C@H](Cc1cccc(C(=N)N)c1)[C@@H](/C=C/c1ccccc1)NC(=O)c1ccc(Oc2ccccc2)cc1. The van der Waals surface area contributed by atoms with Gasteiger partial charge < -0.3 is 20.5 Å². The Labute approximate surface area is 233 Å². The van der Waals surface area contributed by atoms with E-state index in [-0.39, 0.29) is 18.2 Å². The molecule has 0 fully saturated rings. The van der Waals surface area contributed by atoms with E-state index in [4.69, 9.17) is 20.6 Å². The second-order valence-electron chi connectivity index (χ2n) is 9.16. The van der Waals surface area contributed by atoms with Crippen LogP contribution in [0.15, 0.2) is 115 Å². The van der Waals surface area contributed by atoms with Crippen LogP contribution in [0, 0.1) is 11.3 Å². The fourth-order valence-corrected chi connectivity index (χ4v) is 4.22. The summed E-state index contributed by atoms with van der Waals surface area (Å²) in [6, 6.07) is 32.2. The Bertz CT molecular complexity index is 1470. The quantitative estimate of drug-likeness (QED) is 0.132. The number of carbonyl (C=O) groups is 2. The number of benzene rings is 4. The number of nitrogens with one attached hydrogen (secondary N) is 2. The van der Waals surface area contributed by atoms with Gasteiger partial charge >= 0.3 is 5.97 Å². The first kappa shape index (κ1) is 27.9. The first-order chi connectivity index (χ1) is 19.4. The predicted molar refractivity (Wildman–Crippen MR) is 156 cm³/mol. The molecule has 0 radical (unpaired) electrons. The van der Waals surface area contributed by atoms with E-state index in [1.54, 1.807) is 48.5 Å². The van der Waals surface area contributed by atoms with E-state index < -0.39 is 17.9 Å². The average Bonchev–Trinajstić information content (AvgIpc) is 2.99. The summed E-state index contributed by atoms with van der Waals surface area (Å²) in [6.45, 7) is 0. The molecule has 0 aliphatic heterocycles. The van der Waals surface area contributed by atoms with E-state index in [0.717, 1.165) is 11.1 Å². The van der Waals surface area contributed by atoms with Gasteiger partial charge in [0.1, 0.15) is 17.3 Å². The van der Waals surface area contributed by atoms with Crippen LogP contribution in [0.3, 0.4) is 0 Å². The highest BCUT2D eigenvalue weighted by Crippen LogP contribution is 2.22. The predicted octanol–water partition coefficient (Wildman–Crippen LogP) is 5.61. The summed E-state index contributed by atoms with van der Waals surface area (Å²) in [4.78, 5) is 26.4. The largest absolute Gasteiger partial charge is 0.469 e. The molecule has 4 N–H and O–H groups in total. The van der Waals surface area contributed by atoms with Crippen molar-refractivity contribution in [3.63, 3.8) is 0 Å². The van der Waals surface area contributed by atoms with Crippen molar-refractivity contribution in [3.8, 4) is 11.5 Å². The molecule has 0 saturated heterocycles. The Morgan fingerprint density at radius 2 is 1.50 bits per heavy atom. The van der Waals surface area contributed by atoms with Gasteiger partial charge in [0, 0.05) is 11.1 Å². The summed E-state index contributed by atoms with van der Waals surface area (Å²) in [5.41, 5.74) is 8.35. The zero-order chi connectivity index (χ0) is 28.3. The third-order valence-corrected chi connectivity index (χ3v) is 6.32. The molecule has 1 amide bonds. The number of hydrogen-bond donors (Lipinski definition) is 3. The van der Waals surface area contributed by atoms with Crippen LogP contribution in [-0.2, 0) is 16.0 Å². The molecule has 4 rings (SSSR count). The topological polar surface area (TPSA) is 115 Å². The van der Waals surface area contributed by atoms with Crippen LogP contribution in [0.2, 0.25) is 0 Å². The third kappa shape index (κ3) is 7.68. The lowest BCUT2D eigenvalue weighted by Gasteiger charge is -2.24. The number of nitrogen functional groups attached to an aromatic ring is 1. The summed E-state index contributed by atoms with van der Waals surface area (Å²) in [5, 5.41) is 10.8. The average molecular weight is 534 g/mol. The highest BCUT2D eigenvalue weighted by atomic mass is 16.5. The molecule has 0 heterocycles. The normalized spacial score (nSPS) is 12.3. The van der Waals surface area contributed by atoms with E-state index >= 15 is 0 Å². The van der Waals surface area contributed by atoms with Gasteiger partial charge in [-0.3, -0.25) is 15.0 Å². The van der Waals surface area contributed by atoms with Gasteiger partial charge in [-0.1, -0.05) is 78.9 Å². The Morgan fingerprint density at radius 1 is 0.850 bits per heavy atom. The van der Waals surface area contributed by atoms with Crippen molar-refractivity contribution in [3.05, 3.63) is 138 Å². The lowest BCUT2D eigenvalue weighted by atomic mass is 9.90. The van der Waals surface area contributed by atoms with E-state index in [9.17, 15) is 9.59 Å². The zero-order valence-corrected chi connectivity index (χ0v) is 22.1. The molecule has 0 bridgehead atoms. The smallest absolute Gasteiger partial charge is 0.311 e. The Hall–Kier alpha value is -5.17. The molecule has 0 aromatic heterocycles. The number of nitrogens with two attached hydrogens (primary N) is 1. The number of carbonyl (C=O) groups excluding carboxylic acids is 2. The van der Waals surface area contributed by atoms with Crippen LogP contribution in [0.4, 0.5) is 0 Å². The molecule has 7 nitrogen and oxygen atoms in total. The molecular weight excluding hydrogens is 502 g/mol. The summed E-state index contributed by atoms with van der Waals surface area (Å²) >= 11 is 0. The molecular formula is C33H31N3O4. The van der Waals surface area contributed by atoms with Crippen molar-refractivity contribution in [2.75, 3.05) is 7.11 Å². The monoisotopic (exact) mass is 533 g/mol. The molecule has 0 spiro atoms. The minimum atomic E-state index is -0.739. The van der Waals surface area contributed by atoms with Crippen LogP contribution in [0.1, 0.15) is 27.0 Å². The van der Waals surface area contributed by atoms with E-state index in [1.165, 1.54) is 7.11 Å². The first-order valence-electron chi connectivity index (χ1n) is 12.8. The van der Waals surface area contributed by atoms with Crippen molar-refractivity contribution in [1.29, 1.82) is 5.41 Å². The molecule has 0 aliphatic carbocycles. The highest BCUT2D eigenvalue weighted by molar-refractivity contribution is 5.95. The van der Waals surface area contributed by atoms with Crippen LogP contribution >= 0.6 is 0 Å². The molecule has 0 aliphatic rings. The summed E-state index contributed by atoms with van der Waals surface area (Å²) < 4.78 is 11.0. The maximum atomic E-state index is 13.4. The van der Waals surface area contributed by atoms with Crippen LogP contribution in [-0.4, -0.2) is 30.9 Å². The Kier molecular flexibility index (Phi) is 9.45. The van der Waals surface area contributed by atoms with Gasteiger partial charge in [0.15, 0.2) is 0 Å². The van der Waals surface area contributed by atoms with Gasteiger partial charge in [-0.25, -0.2) is 0 Å². The Balaban J connectivity index is 1.59. The lowest BCUT2D eigenvalue weighted by Crippen LogP contribution is -2.43. The van der Waals surface area contributed by atoms with Crippen molar-refractivity contribution in [2.45, 2.75) is 12.5 Å². The standard InChI is InChI=1S/C33H31N3O4/c1-39-33(38)29(22-24-11-8-12-26(21-24)31(34)35)30(20-15-23-9-4-2-5-10-23)36-32(37)25-16-18-28(19-17-25)40-27-13-6-3-7-14-27/h2-21,29-30H,22H2,1H3,(H3,34,35)(H,36,37)/b20-15+/t29-,30-/m1/s1. The Morgan fingerprint density at radius 3 is 2.15 bits per heavy atom. The van der Waals surface area contributed by atoms with E-state index in [0.29, 0.717) is 22.6 Å². The minimum Gasteiger partial charge on any atom is -0.469 e. The molecule has 2 atom stereocenters. The number of hydrogen-bond acceptors (Lipinski definition) is 5. The molecule has 40 heavy (non-hydrogen) atoms. The molecule has 0 unspecified atom stereocenters. The van der Waals surface area contributed by atoms with Crippen molar-refractivity contribution in [2.24, 2.45) is 11.7 Å². The fraction of sp³-hybridized carbons (Fsp3) is 0.121. The highest BCUT2D eigenvalue weighted by Gasteiger charge is 2.30. The minimum absolute atomic E-state index is 0.0648. The van der Waals surface area contributed by atoms with Gasteiger partial charge in [0.25, 0.3) is 5.91 Å². The zero-order valence-electron chi connectivity index (χ0n) is 22.1. The van der Waals surface area contributed by atoms with Crippen LogP contribution in [0.5, 0.6) is 11.5 Å². The number of ether oxygens (including phenoxy) is 2. The maximum Gasteiger partial charge on any atom is 0.311 e. The summed E-state index contributed by atoms with van der Waals surface area (Å²) in [6.07, 6.45) is 3.93. The molecule has 202 valence electrons. The molecule has 0 saturated carbocycles. The second-order valence-corrected chi connectivity index (χ2v) is 9.16. The van der Waals surface area contributed by atoms with E-state index in [2.05, 4.69) is 5.32 Å². The van der Waals surface area contributed by atoms with Gasteiger partial charge in [-0.2, -0.15) is 0 Å². The third-order valence-electron chi connectivity index (χ3n) is 6.32. The summed E-state index contributed by atoms with van der Waals surface area (Å²) in [7, 11) is 1.33. The van der Waals surface area contributed by atoms with Crippen molar-refractivity contribution >= 4 is 23.8 Å². The number of para-hydroxylation sites is 1. The molecule has 7 heteroatoms. The lowest BCUT2D eigenvalue weighted by molar-refractivity contribution is -0.145. The first-order valence-corrected chi connectivity index (χ1v) is 12.8. The fourth-order valence-electron chi connectivity index (χ4n) is 4.22. The maximum absolute atomic E-state index is 13.4. The van der Waals surface area contributed by atoms with Gasteiger partial charge in [0.2, 0.25) is 0 Å². The number of esters is 1. The van der Waals surface area contributed by atoms with Crippen LogP contribution in [0.25, 0.3) is 6.08 Å². The summed E-state index contributed by atoms with van der Waals surface area (Å²) in [5.74, 6) is -0.327. The number of amides is 1. The van der Waals surface area contributed by atoms with Gasteiger partial charge in [-0.15, -0.1) is 0 Å². The van der Waals surface area contributed by atoms with Crippen LogP contribution < -0.4 is 15.8 Å². The van der Waals surface area contributed by atoms with Gasteiger partial charge in [-0.05, 0) is 60.0 Å². The second kappa shape index (κ2) is 13.6. The number of methoxy groups -OCH3 is 1. The molecule has 4 aromatic rings. The number of amidine groups is 1. The molecule has 4 aromatic carbocycles. The number of rotatable bonds is 11. The van der Waals surface area contributed by atoms with Crippen molar-refractivity contribution < 1.29 is 19.1 Å².